The number of cyclic esters (lactones) is 1. The van der Waals surface area contributed by atoms with Gasteiger partial charge in [0.25, 0.3) is 0 Å². The lowest BCUT2D eigenvalue weighted by Crippen LogP contribution is -2.60. The topological polar surface area (TPSA) is 227 Å². The maximum Gasteiger partial charge on any atom is 0.348 e. The second-order valence-electron chi connectivity index (χ2n) is 53.4. The predicted molar refractivity (Wildman–Crippen MR) is 585 cm³/mol. The average molecular weight is 2020 g/mol. The van der Waals surface area contributed by atoms with Gasteiger partial charge in [-0.05, 0) is 422 Å². The lowest BCUT2D eigenvalue weighted by atomic mass is 9.49. The monoisotopic (exact) mass is 2020 g/mol. The summed E-state index contributed by atoms with van der Waals surface area (Å²) < 4.78 is 47.0. The van der Waals surface area contributed by atoms with Crippen LogP contribution in [0, 0.1) is 260 Å². The van der Waals surface area contributed by atoms with Gasteiger partial charge >= 0.3 is 47.8 Å². The highest BCUT2D eigenvalue weighted by molar-refractivity contribution is 5.85. The lowest BCUT2D eigenvalue weighted by Gasteiger charge is -2.60. The van der Waals surface area contributed by atoms with E-state index < -0.39 is 23.1 Å². The molecular formula is C127H224O17. The third-order valence-electron chi connectivity index (χ3n) is 46.9. The number of fused-ring (bicyclic) bond motifs is 13. The fourth-order valence-electron chi connectivity index (χ4n) is 37.7. The molecule has 0 spiro atoms. The van der Waals surface area contributed by atoms with Crippen LogP contribution in [0.2, 0.25) is 0 Å². The van der Waals surface area contributed by atoms with E-state index in [-0.39, 0.29) is 213 Å². The third kappa shape index (κ3) is 22.3. The zero-order valence-electron chi connectivity index (χ0n) is 85.2. The molecule has 2 heterocycles. The van der Waals surface area contributed by atoms with Crippen LogP contribution in [0.4, 0.5) is 0 Å². The Labute approximate surface area is 882 Å². The van der Waals surface area contributed by atoms with Gasteiger partial charge in [-0.2, -0.15) is 0 Å². The van der Waals surface area contributed by atoms with Gasteiger partial charge in [-0.25, -0.2) is 4.79 Å². The molecule has 0 aromatic rings. The average Bonchev–Trinajstić information content (AvgIpc) is 1.67. The molecule has 144 heavy (non-hydrogen) atoms. The first-order chi connectivity index (χ1) is 62.6. The van der Waals surface area contributed by atoms with Gasteiger partial charge in [-0.3, -0.25) is 38.4 Å². The second-order valence-corrected chi connectivity index (χ2v) is 53.4. The van der Waals surface area contributed by atoms with Gasteiger partial charge in [0.05, 0.1) is 47.3 Å². The SMILES string of the molecule is C.C.C.C.C.C.C.C.C.C.C.C.CC1C2CC(C(=O)OC3(C)C4CC5CC(C4)CC3C5)C(C2)C1C.CC1C2CC(C(=O)OC3C(=O)OCC3(C)C)C(C2)C1C.CC1C2CC(C(=O)OC3C4CC5C(=O)OC3C5C4)C(C2)C1C.CC1CCC(C(C)(C)OC(=O)C2CC3CC2C(C)C3C)C(=O)C1.CCC1(OC(=O)C2CC3CC2C(C)C3C)C2CC3CC(C2)CC1C3.CCC1(OC(=O)C2CC3CC2C(C)C3C)CCCCC1. The van der Waals surface area contributed by atoms with E-state index >= 15 is 0 Å². The maximum absolute atomic E-state index is 13.2. The highest BCUT2D eigenvalue weighted by Gasteiger charge is 2.67. The van der Waals surface area contributed by atoms with Gasteiger partial charge in [0.1, 0.15) is 47.0 Å². The number of Topliss-reactive ketones (excluding diaryl/α,β-unsaturated/α-hetero) is 1. The van der Waals surface area contributed by atoms with Crippen molar-refractivity contribution in [2.75, 3.05) is 6.61 Å². The van der Waals surface area contributed by atoms with Gasteiger partial charge in [0.15, 0.2) is 0 Å². The molecule has 24 saturated carbocycles. The highest BCUT2D eigenvalue weighted by Crippen LogP contribution is 2.67. The molecule has 0 radical (unpaired) electrons. The van der Waals surface area contributed by atoms with Crippen LogP contribution in [-0.2, 0) is 81.0 Å². The van der Waals surface area contributed by atoms with Crippen molar-refractivity contribution in [3.8, 4) is 0 Å². The van der Waals surface area contributed by atoms with E-state index in [0.717, 1.165) is 167 Å². The molecule has 834 valence electrons. The number of carbonyl (C=O) groups is 9. The van der Waals surface area contributed by atoms with Crippen LogP contribution >= 0.6 is 0 Å². The minimum absolute atomic E-state index is 0. The Kier molecular flexibility index (Phi) is 42.1. The Hall–Kier alpha value is -4.57. The molecule has 2 saturated heterocycles. The van der Waals surface area contributed by atoms with Crippen molar-refractivity contribution in [3.63, 3.8) is 0 Å². The summed E-state index contributed by atoms with van der Waals surface area (Å²) in [4.78, 5) is 113. The molecular weight excluding hydrogens is 1800 g/mol. The van der Waals surface area contributed by atoms with E-state index in [2.05, 4.69) is 111 Å². The van der Waals surface area contributed by atoms with Crippen molar-refractivity contribution in [2.45, 2.75) is 487 Å². The van der Waals surface area contributed by atoms with Gasteiger partial charge in [-0.15, -0.1) is 0 Å². The summed E-state index contributed by atoms with van der Waals surface area (Å²) in [5, 5.41) is 0. The van der Waals surface area contributed by atoms with Crippen LogP contribution in [0.5, 0.6) is 0 Å². The Morgan fingerprint density at radius 2 is 0.688 bits per heavy atom. The first-order valence-electron chi connectivity index (χ1n) is 55.8. The number of rotatable bonds is 15. The Morgan fingerprint density at radius 3 is 1.03 bits per heavy atom. The van der Waals surface area contributed by atoms with E-state index in [1.54, 1.807) is 0 Å². The number of ether oxygens (including phenoxy) is 8. The Balaban J connectivity index is 0.000000231. The van der Waals surface area contributed by atoms with Crippen LogP contribution in [0.3, 0.4) is 0 Å². The highest BCUT2D eigenvalue weighted by atomic mass is 16.6. The van der Waals surface area contributed by atoms with E-state index in [0.29, 0.717) is 149 Å². The summed E-state index contributed by atoms with van der Waals surface area (Å²) >= 11 is 0. The van der Waals surface area contributed by atoms with Crippen molar-refractivity contribution in [2.24, 2.45) is 260 Å². The standard InChI is InChI=1S/C22H34O2.C21H32O2.C20H32O3.C18H24O4.C18H30O2.C16H24O4.12CH4/c1-4-22(17-6-14-5-15(8-17)9-18(22)7-14)24-21(23)20-11-16-10-19(20)13(3)12(16)2;1-11-12(2)18-9-15(11)10-19(18)20(22)23-21(3)16-5-13-4-14(7-16)8-17(21)6-13;1-11-6-7-17(18(21)8-11)20(4,5)23-19(22)16-10-14-9-15(16)13(3)12(14)2;1-7-8(2)11-3-9(7)4-13(11)17(19)21-15-10-5-12-14(6-10)18(20)22-16(12)15;1-4-18(8-6-5-7-9-18)20-17(19)16-11-14-10-15(16)13(3)12(14)2;1-8-9(2)11-5-10(8)6-12(11)14(17)20-13-15(18)19-7-16(13,3)4;;;;;;;;;;;;/h12-20H,4-11H2,1-3H3;11-19H,4-10H2,1-3H3;11-17H,6-10H2,1-5H3;7-16H,3-6H2,1-2H3;12-16H,4-11H2,1-3H3;8-13H,5-7H2,1-4H3;12*1H4. The van der Waals surface area contributed by atoms with Crippen LogP contribution in [0.15, 0.2) is 0 Å². The van der Waals surface area contributed by atoms with Gasteiger partial charge in [0, 0.05) is 23.7 Å². The minimum atomic E-state index is -0.734. The lowest BCUT2D eigenvalue weighted by molar-refractivity contribution is -0.216. The van der Waals surface area contributed by atoms with Crippen LogP contribution < -0.4 is 0 Å². The molecule has 38 unspecified atom stereocenters. The number of ketones is 1. The Morgan fingerprint density at radius 1 is 0.347 bits per heavy atom. The van der Waals surface area contributed by atoms with Gasteiger partial charge < -0.3 is 37.9 Å². The quantitative estimate of drug-likeness (QED) is 0.110. The smallest absolute Gasteiger partial charge is 0.348 e. The predicted octanol–water partition coefficient (Wildman–Crippen LogP) is 31.0. The molecule has 38 atom stereocenters. The summed E-state index contributed by atoms with van der Waals surface area (Å²) in [6.45, 7) is 44.8. The minimum Gasteiger partial charge on any atom is -0.462 e. The first-order valence-corrected chi connectivity index (χ1v) is 55.8. The zero-order chi connectivity index (χ0) is 93.7. The van der Waals surface area contributed by atoms with Crippen molar-refractivity contribution in [3.05, 3.63) is 0 Å². The third-order valence-corrected chi connectivity index (χ3v) is 46.9. The van der Waals surface area contributed by atoms with Crippen molar-refractivity contribution in [1.29, 1.82) is 0 Å². The summed E-state index contributed by atoms with van der Waals surface area (Å²) in [5.74, 6) is 24.4. The summed E-state index contributed by atoms with van der Waals surface area (Å²) in [6, 6.07) is 0. The zero-order valence-corrected chi connectivity index (χ0v) is 85.2. The van der Waals surface area contributed by atoms with E-state index in [1.165, 1.54) is 116 Å². The Bertz CT molecular complexity index is 4210. The molecule has 26 aliphatic rings. The largest absolute Gasteiger partial charge is 0.462 e. The van der Waals surface area contributed by atoms with E-state index in [4.69, 9.17) is 37.9 Å². The van der Waals surface area contributed by atoms with Crippen molar-refractivity contribution < 1.29 is 81.0 Å². The number of hydrogen-bond acceptors (Lipinski definition) is 17. The van der Waals surface area contributed by atoms with Crippen molar-refractivity contribution in [1.82, 2.24) is 0 Å². The molecule has 0 amide bonds. The second kappa shape index (κ2) is 48.0. The van der Waals surface area contributed by atoms with Gasteiger partial charge in [-0.1, -0.05) is 213 Å². The molecule has 0 N–H and O–H groups in total. The molecule has 2 aliphatic heterocycles. The molecule has 22 bridgehead atoms. The fraction of sp³-hybridized carbons (Fsp3) is 0.929. The number of esters is 8. The first kappa shape index (κ1) is 126. The van der Waals surface area contributed by atoms with Gasteiger partial charge in [0.2, 0.25) is 6.10 Å². The fourth-order valence-corrected chi connectivity index (χ4v) is 37.7. The molecule has 17 heteroatoms. The van der Waals surface area contributed by atoms with Crippen LogP contribution in [0.1, 0.15) is 446 Å². The summed E-state index contributed by atoms with van der Waals surface area (Å²) in [5.41, 5.74) is -1.43. The van der Waals surface area contributed by atoms with E-state index in [9.17, 15) is 43.2 Å². The molecule has 0 aromatic carbocycles. The maximum atomic E-state index is 13.2. The molecule has 26 rings (SSSR count). The summed E-state index contributed by atoms with van der Waals surface area (Å²) in [6.07, 6.45) is 38.4. The van der Waals surface area contributed by atoms with Crippen LogP contribution in [-0.4, -0.2) is 101 Å². The number of hydrogen-bond donors (Lipinski definition) is 0. The molecule has 24 aliphatic carbocycles. The number of carbonyl (C=O) groups excluding carboxylic acids is 9. The summed E-state index contributed by atoms with van der Waals surface area (Å²) in [7, 11) is 0. The van der Waals surface area contributed by atoms with Crippen molar-refractivity contribution >= 4 is 53.5 Å². The molecule has 26 fully saturated rings. The molecule has 17 nitrogen and oxygen atoms in total. The van der Waals surface area contributed by atoms with E-state index in [1.807, 2.05) is 27.7 Å². The molecule has 0 aromatic heterocycles. The normalized spacial score (nSPS) is 47.1. The van der Waals surface area contributed by atoms with Crippen LogP contribution in [0.25, 0.3) is 0 Å².